The van der Waals surface area contributed by atoms with Crippen LogP contribution in [0.1, 0.15) is 49.0 Å². The SMILES string of the molecule is Cc1c(-c2cnn(C)c2)nnc(N2CCCC(C)(C)CC2)c1C(N)=O. The zero-order valence-electron chi connectivity index (χ0n) is 15.4. The fourth-order valence-corrected chi connectivity index (χ4v) is 3.48. The molecule has 2 N–H and O–H groups in total. The van der Waals surface area contributed by atoms with Crippen molar-refractivity contribution in [2.45, 2.75) is 40.0 Å². The highest BCUT2D eigenvalue weighted by molar-refractivity contribution is 6.00. The number of anilines is 1. The number of amides is 1. The molecule has 1 aliphatic heterocycles. The number of aryl methyl sites for hydroxylation is 1. The second-order valence-corrected chi connectivity index (χ2v) is 7.64. The van der Waals surface area contributed by atoms with Gasteiger partial charge in [0, 0.05) is 31.9 Å². The van der Waals surface area contributed by atoms with Crippen molar-refractivity contribution in [3.05, 3.63) is 23.5 Å². The molecule has 3 rings (SSSR count). The van der Waals surface area contributed by atoms with E-state index in [4.69, 9.17) is 5.73 Å². The maximum absolute atomic E-state index is 12.2. The van der Waals surface area contributed by atoms with Gasteiger partial charge in [0.25, 0.3) is 5.91 Å². The number of primary amides is 1. The van der Waals surface area contributed by atoms with Crippen molar-refractivity contribution in [1.29, 1.82) is 0 Å². The highest BCUT2D eigenvalue weighted by Gasteiger charge is 2.28. The maximum atomic E-state index is 12.2. The minimum atomic E-state index is -0.462. The molecule has 0 saturated carbocycles. The lowest BCUT2D eigenvalue weighted by Gasteiger charge is -2.25. The fraction of sp³-hybridized carbons (Fsp3) is 0.556. The largest absolute Gasteiger partial charge is 0.365 e. The summed E-state index contributed by atoms with van der Waals surface area (Å²) in [7, 11) is 1.84. The average Bonchev–Trinajstić information content (AvgIpc) is 2.87. The fourth-order valence-electron chi connectivity index (χ4n) is 3.48. The summed E-state index contributed by atoms with van der Waals surface area (Å²) in [6, 6.07) is 0. The first kappa shape index (κ1) is 17.4. The Morgan fingerprint density at radius 3 is 2.64 bits per heavy atom. The van der Waals surface area contributed by atoms with E-state index in [0.29, 0.717) is 22.5 Å². The Bertz CT molecular complexity index is 795. The molecule has 25 heavy (non-hydrogen) atoms. The molecule has 0 radical (unpaired) electrons. The Morgan fingerprint density at radius 2 is 2.00 bits per heavy atom. The van der Waals surface area contributed by atoms with Gasteiger partial charge >= 0.3 is 0 Å². The van der Waals surface area contributed by atoms with Gasteiger partial charge in [0.2, 0.25) is 0 Å². The van der Waals surface area contributed by atoms with Crippen molar-refractivity contribution in [1.82, 2.24) is 20.0 Å². The molecule has 0 aliphatic carbocycles. The van der Waals surface area contributed by atoms with Crippen molar-refractivity contribution in [2.24, 2.45) is 18.2 Å². The molecule has 2 aromatic rings. The smallest absolute Gasteiger partial charge is 0.252 e. The van der Waals surface area contributed by atoms with Crippen molar-refractivity contribution in [3.63, 3.8) is 0 Å². The van der Waals surface area contributed by atoms with Crippen LogP contribution in [0.25, 0.3) is 11.3 Å². The van der Waals surface area contributed by atoms with Gasteiger partial charge in [0.15, 0.2) is 5.82 Å². The van der Waals surface area contributed by atoms with Crippen LogP contribution in [0.5, 0.6) is 0 Å². The third-order valence-electron chi connectivity index (χ3n) is 5.06. The summed E-state index contributed by atoms with van der Waals surface area (Å²) in [5, 5.41) is 13.0. The van der Waals surface area contributed by atoms with Gasteiger partial charge in [-0.2, -0.15) is 5.10 Å². The number of hydrogen-bond acceptors (Lipinski definition) is 5. The Kier molecular flexibility index (Phi) is 4.49. The number of aromatic nitrogens is 4. The summed E-state index contributed by atoms with van der Waals surface area (Å²) in [5.74, 6) is 0.145. The van der Waals surface area contributed by atoms with Crippen molar-refractivity contribution >= 4 is 11.7 Å². The lowest BCUT2D eigenvalue weighted by molar-refractivity contribution is 0.0999. The molecule has 1 saturated heterocycles. The summed E-state index contributed by atoms with van der Waals surface area (Å²) in [6.07, 6.45) is 6.86. The zero-order valence-corrected chi connectivity index (χ0v) is 15.4. The number of rotatable bonds is 3. The summed E-state index contributed by atoms with van der Waals surface area (Å²) < 4.78 is 1.70. The Balaban J connectivity index is 2.03. The van der Waals surface area contributed by atoms with Crippen molar-refractivity contribution < 1.29 is 4.79 Å². The molecule has 1 fully saturated rings. The standard InChI is InChI=1S/C18H26N6O/c1-12-14(16(19)25)17(24-8-5-6-18(2,3)7-9-24)22-21-15(12)13-10-20-23(4)11-13/h10-11H,5-9H2,1-4H3,(H2,19,25). The van der Waals surface area contributed by atoms with E-state index in [0.717, 1.165) is 43.5 Å². The quantitative estimate of drug-likeness (QED) is 0.924. The van der Waals surface area contributed by atoms with Gasteiger partial charge in [-0.05, 0) is 37.2 Å². The van der Waals surface area contributed by atoms with Crippen LogP contribution in [0.15, 0.2) is 12.4 Å². The van der Waals surface area contributed by atoms with E-state index in [2.05, 4.69) is 34.0 Å². The second kappa shape index (κ2) is 6.46. The predicted molar refractivity (Wildman–Crippen MR) is 97.3 cm³/mol. The molecule has 3 heterocycles. The minimum Gasteiger partial charge on any atom is -0.365 e. The van der Waals surface area contributed by atoms with E-state index >= 15 is 0 Å². The van der Waals surface area contributed by atoms with Gasteiger partial charge in [-0.3, -0.25) is 9.48 Å². The molecule has 1 amide bonds. The van der Waals surface area contributed by atoms with Gasteiger partial charge in [-0.1, -0.05) is 13.8 Å². The average molecular weight is 342 g/mol. The molecule has 0 bridgehead atoms. The molecule has 1 aliphatic rings. The van der Waals surface area contributed by atoms with Crippen LogP contribution in [0.4, 0.5) is 5.82 Å². The molecule has 2 aromatic heterocycles. The van der Waals surface area contributed by atoms with Gasteiger partial charge < -0.3 is 10.6 Å². The first-order valence-electron chi connectivity index (χ1n) is 8.69. The van der Waals surface area contributed by atoms with E-state index in [1.807, 2.05) is 20.2 Å². The summed E-state index contributed by atoms with van der Waals surface area (Å²) in [6.45, 7) is 8.17. The van der Waals surface area contributed by atoms with E-state index < -0.39 is 5.91 Å². The maximum Gasteiger partial charge on any atom is 0.252 e. The molecule has 0 atom stereocenters. The van der Waals surface area contributed by atoms with E-state index in [9.17, 15) is 4.79 Å². The molecular weight excluding hydrogens is 316 g/mol. The lowest BCUT2D eigenvalue weighted by Crippen LogP contribution is -2.30. The van der Waals surface area contributed by atoms with Crippen LogP contribution in [-0.4, -0.2) is 39.0 Å². The summed E-state index contributed by atoms with van der Waals surface area (Å²) in [4.78, 5) is 14.3. The van der Waals surface area contributed by atoms with Crippen LogP contribution in [0, 0.1) is 12.3 Å². The van der Waals surface area contributed by atoms with E-state index in [1.54, 1.807) is 10.9 Å². The number of nitrogens with zero attached hydrogens (tertiary/aromatic N) is 5. The van der Waals surface area contributed by atoms with Crippen LogP contribution in [0.3, 0.4) is 0 Å². The first-order valence-corrected chi connectivity index (χ1v) is 8.69. The minimum absolute atomic E-state index is 0.305. The zero-order chi connectivity index (χ0) is 18.2. The van der Waals surface area contributed by atoms with Gasteiger partial charge in [0.1, 0.15) is 0 Å². The topological polar surface area (TPSA) is 89.9 Å². The third-order valence-corrected chi connectivity index (χ3v) is 5.06. The molecule has 7 nitrogen and oxygen atoms in total. The predicted octanol–water partition coefficient (Wildman–Crippen LogP) is 2.30. The van der Waals surface area contributed by atoms with Gasteiger partial charge in [0.05, 0.1) is 17.5 Å². The molecule has 0 unspecified atom stereocenters. The normalized spacial score (nSPS) is 17.4. The Hall–Kier alpha value is -2.44. The molecule has 0 spiro atoms. The lowest BCUT2D eigenvalue weighted by atomic mass is 9.85. The second-order valence-electron chi connectivity index (χ2n) is 7.64. The van der Waals surface area contributed by atoms with Crippen molar-refractivity contribution in [3.8, 4) is 11.3 Å². The van der Waals surface area contributed by atoms with Gasteiger partial charge in [-0.25, -0.2) is 0 Å². The third kappa shape index (κ3) is 3.50. The number of nitrogens with two attached hydrogens (primary N) is 1. The molecule has 0 aromatic carbocycles. The molecule has 134 valence electrons. The monoisotopic (exact) mass is 342 g/mol. The molecule has 7 heteroatoms. The van der Waals surface area contributed by atoms with Crippen LogP contribution in [-0.2, 0) is 7.05 Å². The van der Waals surface area contributed by atoms with E-state index in [-0.39, 0.29) is 0 Å². The number of hydrogen-bond donors (Lipinski definition) is 1. The van der Waals surface area contributed by atoms with Crippen LogP contribution in [0.2, 0.25) is 0 Å². The van der Waals surface area contributed by atoms with E-state index in [1.165, 1.54) is 0 Å². The van der Waals surface area contributed by atoms with Crippen molar-refractivity contribution in [2.75, 3.05) is 18.0 Å². The first-order chi connectivity index (χ1) is 11.8. The number of carbonyl (C=O) groups is 1. The number of carbonyl (C=O) groups excluding carboxylic acids is 1. The summed E-state index contributed by atoms with van der Waals surface area (Å²) in [5.41, 5.74) is 8.73. The highest BCUT2D eigenvalue weighted by atomic mass is 16.1. The Morgan fingerprint density at radius 1 is 1.24 bits per heavy atom. The van der Waals surface area contributed by atoms with Crippen LogP contribution < -0.4 is 10.6 Å². The summed E-state index contributed by atoms with van der Waals surface area (Å²) >= 11 is 0. The highest BCUT2D eigenvalue weighted by Crippen LogP contribution is 2.33. The van der Waals surface area contributed by atoms with Gasteiger partial charge in [-0.15, -0.1) is 10.2 Å². The molecular formula is C18H26N6O. The Labute approximate surface area is 148 Å². The van der Waals surface area contributed by atoms with Crippen LogP contribution >= 0.6 is 0 Å².